The first-order chi connectivity index (χ1) is 16.8. The minimum Gasteiger partial charge on any atom is -0.480 e. The summed E-state index contributed by atoms with van der Waals surface area (Å²) in [5, 5.41) is 9.89. The predicted octanol–water partition coefficient (Wildman–Crippen LogP) is 4.28. The van der Waals surface area contributed by atoms with Crippen molar-refractivity contribution in [2.45, 2.75) is 92.2 Å². The van der Waals surface area contributed by atoms with Gasteiger partial charge in [-0.3, -0.25) is 19.2 Å². The summed E-state index contributed by atoms with van der Waals surface area (Å²) in [4.78, 5) is 49.1. The maximum absolute atomic E-state index is 12.5. The quantitative estimate of drug-likeness (QED) is 0.278. The first-order valence-corrected chi connectivity index (χ1v) is 12.6. The lowest BCUT2D eigenvalue weighted by Crippen LogP contribution is -2.52. The van der Waals surface area contributed by atoms with E-state index in [9.17, 15) is 24.3 Å². The van der Waals surface area contributed by atoms with Crippen molar-refractivity contribution in [3.63, 3.8) is 0 Å². The van der Waals surface area contributed by atoms with E-state index in [2.05, 4.69) is 0 Å². The molecule has 5 atom stereocenters. The van der Waals surface area contributed by atoms with Crippen LogP contribution in [0.15, 0.2) is 18.2 Å². The van der Waals surface area contributed by atoms with Gasteiger partial charge in [-0.2, -0.15) is 0 Å². The Kier molecular flexibility index (Phi) is 12.1. The number of aliphatic carboxylic acids is 1. The van der Waals surface area contributed by atoms with Gasteiger partial charge >= 0.3 is 23.9 Å². The number of carboxylic acids is 1. The molecule has 1 aromatic rings. The fourth-order valence-electron chi connectivity index (χ4n) is 3.21. The zero-order valence-electron chi connectivity index (χ0n) is 22.5. The monoisotopic (exact) mass is 507 g/mol. The molecule has 0 fully saturated rings. The second kappa shape index (κ2) is 14.0. The molecule has 0 saturated heterocycles. The zero-order chi connectivity index (χ0) is 27.6. The van der Waals surface area contributed by atoms with Crippen molar-refractivity contribution in [2.75, 3.05) is 0 Å². The molecule has 0 saturated carbocycles. The third-order valence-electron chi connectivity index (χ3n) is 6.39. The van der Waals surface area contributed by atoms with Gasteiger partial charge in [0.05, 0.1) is 17.8 Å². The molecule has 0 aliphatic carbocycles. The number of carbonyl (C=O) groups is 4. The smallest absolute Gasteiger partial charge is 0.324 e. The van der Waals surface area contributed by atoms with Crippen molar-refractivity contribution in [2.24, 2.45) is 23.5 Å². The van der Waals surface area contributed by atoms with E-state index in [1.807, 2.05) is 20.8 Å². The fraction of sp³-hybridized carbons (Fsp3) is 0.630. The van der Waals surface area contributed by atoms with Crippen LogP contribution in [0.3, 0.4) is 0 Å². The minimum atomic E-state index is -1.76. The Morgan fingerprint density at radius 1 is 0.833 bits per heavy atom. The first kappa shape index (κ1) is 31.1. The standard InChI is InChI=1S/C27H41NO8/c1-8-16(4)23(29)34-19(7)14-27(28,26(32)33)15-20-11-12-21(35-24(30)17(5)9-2)22(13-20)36-25(31)18(6)10-3/h11-13,16-19H,8-10,14-15,28H2,1-7H3,(H,32,33)/t16?,17?,18?,19-,27?/m0/s1. The van der Waals surface area contributed by atoms with Gasteiger partial charge in [-0.05, 0) is 43.9 Å². The normalized spacial score (nSPS) is 16.1. The Balaban J connectivity index is 3.24. The van der Waals surface area contributed by atoms with Crippen LogP contribution >= 0.6 is 0 Å². The molecule has 0 aromatic heterocycles. The van der Waals surface area contributed by atoms with Gasteiger partial charge < -0.3 is 25.1 Å². The summed E-state index contributed by atoms with van der Waals surface area (Å²) in [5.74, 6) is -3.62. The van der Waals surface area contributed by atoms with E-state index >= 15 is 0 Å². The third-order valence-corrected chi connectivity index (χ3v) is 6.39. The summed E-state index contributed by atoms with van der Waals surface area (Å²) in [6, 6.07) is 4.49. The molecule has 9 nitrogen and oxygen atoms in total. The molecule has 4 unspecified atom stereocenters. The molecule has 9 heteroatoms. The van der Waals surface area contributed by atoms with E-state index in [0.29, 0.717) is 24.8 Å². The van der Waals surface area contributed by atoms with Crippen molar-refractivity contribution in [1.29, 1.82) is 0 Å². The van der Waals surface area contributed by atoms with Gasteiger partial charge in [0, 0.05) is 12.8 Å². The van der Waals surface area contributed by atoms with Crippen molar-refractivity contribution in [3.05, 3.63) is 23.8 Å². The highest BCUT2D eigenvalue weighted by Gasteiger charge is 2.37. The van der Waals surface area contributed by atoms with Gasteiger partial charge in [0.1, 0.15) is 11.6 Å². The average Bonchev–Trinajstić information content (AvgIpc) is 2.83. The summed E-state index contributed by atoms with van der Waals surface area (Å²) >= 11 is 0. The van der Waals surface area contributed by atoms with Crippen molar-refractivity contribution < 1.29 is 38.5 Å². The fourth-order valence-corrected chi connectivity index (χ4v) is 3.21. The molecule has 0 amide bonds. The number of nitrogens with two attached hydrogens (primary N) is 1. The highest BCUT2D eigenvalue weighted by atomic mass is 16.6. The molecule has 1 rings (SSSR count). The van der Waals surface area contributed by atoms with Gasteiger partial charge in [0.2, 0.25) is 0 Å². The Labute approximate surface area is 213 Å². The molecule has 0 bridgehead atoms. The molecule has 3 N–H and O–H groups in total. The summed E-state index contributed by atoms with van der Waals surface area (Å²) in [6.07, 6.45) is 0.736. The third kappa shape index (κ3) is 8.93. The predicted molar refractivity (Wildman–Crippen MR) is 135 cm³/mol. The Morgan fingerprint density at radius 2 is 1.31 bits per heavy atom. The highest BCUT2D eigenvalue weighted by molar-refractivity contribution is 5.80. The van der Waals surface area contributed by atoms with Crippen LogP contribution in [0.5, 0.6) is 11.5 Å². The zero-order valence-corrected chi connectivity index (χ0v) is 22.5. The van der Waals surface area contributed by atoms with E-state index in [1.165, 1.54) is 12.1 Å². The number of hydrogen-bond donors (Lipinski definition) is 2. The summed E-state index contributed by atoms with van der Waals surface area (Å²) in [5.41, 5.74) is 4.96. The molecular weight excluding hydrogens is 466 g/mol. The van der Waals surface area contributed by atoms with E-state index in [1.54, 1.807) is 33.8 Å². The average molecular weight is 508 g/mol. The molecular formula is C27H41NO8. The lowest BCUT2D eigenvalue weighted by molar-refractivity contribution is -0.156. The van der Waals surface area contributed by atoms with Gasteiger partial charge in [-0.15, -0.1) is 0 Å². The Hall–Kier alpha value is -2.94. The Bertz CT molecular complexity index is 930. The lowest BCUT2D eigenvalue weighted by Gasteiger charge is -2.28. The molecule has 0 heterocycles. The maximum Gasteiger partial charge on any atom is 0.324 e. The van der Waals surface area contributed by atoms with Gasteiger partial charge in [-0.25, -0.2) is 0 Å². The van der Waals surface area contributed by atoms with Gasteiger partial charge in [0.25, 0.3) is 0 Å². The number of benzene rings is 1. The van der Waals surface area contributed by atoms with Crippen molar-refractivity contribution in [3.8, 4) is 11.5 Å². The second-order valence-electron chi connectivity index (χ2n) is 9.64. The topological polar surface area (TPSA) is 142 Å². The van der Waals surface area contributed by atoms with Crippen molar-refractivity contribution in [1.82, 2.24) is 0 Å². The molecule has 0 spiro atoms. The largest absolute Gasteiger partial charge is 0.480 e. The van der Waals surface area contributed by atoms with Crippen LogP contribution in [-0.4, -0.2) is 40.6 Å². The summed E-state index contributed by atoms with van der Waals surface area (Å²) in [7, 11) is 0. The molecule has 36 heavy (non-hydrogen) atoms. The number of esters is 3. The van der Waals surface area contributed by atoms with Crippen LogP contribution < -0.4 is 15.2 Å². The number of hydrogen-bond acceptors (Lipinski definition) is 8. The molecule has 202 valence electrons. The van der Waals surface area contributed by atoms with Crippen LogP contribution in [0, 0.1) is 17.8 Å². The summed E-state index contributed by atoms with van der Waals surface area (Å²) in [6.45, 7) is 12.3. The second-order valence-corrected chi connectivity index (χ2v) is 9.64. The van der Waals surface area contributed by atoms with E-state index < -0.39 is 35.5 Å². The van der Waals surface area contributed by atoms with Crippen LogP contribution in [0.2, 0.25) is 0 Å². The summed E-state index contributed by atoms with van der Waals surface area (Å²) < 4.78 is 16.4. The van der Waals surface area contributed by atoms with Gasteiger partial charge in [-0.1, -0.05) is 47.6 Å². The number of ether oxygens (including phenoxy) is 3. The van der Waals surface area contributed by atoms with Gasteiger partial charge in [0.15, 0.2) is 11.5 Å². The van der Waals surface area contributed by atoms with Crippen molar-refractivity contribution >= 4 is 23.9 Å². The van der Waals surface area contributed by atoms with Crippen LogP contribution in [0.25, 0.3) is 0 Å². The molecule has 0 radical (unpaired) electrons. The number of rotatable bonds is 14. The van der Waals surface area contributed by atoms with Crippen LogP contribution in [0.1, 0.15) is 79.7 Å². The van der Waals surface area contributed by atoms with E-state index in [4.69, 9.17) is 19.9 Å². The maximum atomic E-state index is 12.5. The van der Waals surface area contributed by atoms with E-state index in [-0.39, 0.29) is 42.1 Å². The molecule has 1 aromatic carbocycles. The molecule has 0 aliphatic rings. The number of carboxylic acid groups (broad SMARTS) is 1. The Morgan fingerprint density at radius 3 is 1.78 bits per heavy atom. The highest BCUT2D eigenvalue weighted by Crippen LogP contribution is 2.32. The number of carbonyl (C=O) groups excluding carboxylic acids is 3. The lowest BCUT2D eigenvalue weighted by atomic mass is 9.86. The van der Waals surface area contributed by atoms with E-state index in [0.717, 1.165) is 0 Å². The minimum absolute atomic E-state index is 0.0124. The first-order valence-electron chi connectivity index (χ1n) is 12.6. The molecule has 0 aliphatic heterocycles. The van der Waals surface area contributed by atoms with Crippen LogP contribution in [0.4, 0.5) is 0 Å². The van der Waals surface area contributed by atoms with Crippen LogP contribution in [-0.2, 0) is 30.3 Å². The SMILES string of the molecule is CCC(C)C(=O)Oc1ccc(CC(N)(C[C@H](C)OC(=O)C(C)CC)C(=O)O)cc1OC(=O)C(C)CC.